The second-order valence-corrected chi connectivity index (χ2v) is 5.96. The Hall–Kier alpha value is -1.39. The molecule has 1 atom stereocenters. The summed E-state index contributed by atoms with van der Waals surface area (Å²) in [6.45, 7) is 1.74. The Morgan fingerprint density at radius 3 is 2.45 bits per heavy atom. The van der Waals surface area contributed by atoms with E-state index in [4.69, 9.17) is 5.73 Å². The molecule has 1 aliphatic rings. The molecule has 0 aliphatic heterocycles. The summed E-state index contributed by atoms with van der Waals surface area (Å²) >= 11 is 0. The molecule has 4 nitrogen and oxygen atoms in total. The maximum atomic E-state index is 12.4. The Balaban J connectivity index is 2.04. The van der Waals surface area contributed by atoms with Crippen LogP contribution in [0.4, 0.5) is 0 Å². The predicted molar refractivity (Wildman–Crippen MR) is 79.0 cm³/mol. The van der Waals surface area contributed by atoms with Crippen molar-refractivity contribution in [3.63, 3.8) is 0 Å². The highest BCUT2D eigenvalue weighted by atomic mass is 16.3. The summed E-state index contributed by atoms with van der Waals surface area (Å²) in [4.78, 5) is 12.4. The van der Waals surface area contributed by atoms with E-state index in [0.29, 0.717) is 0 Å². The van der Waals surface area contributed by atoms with E-state index < -0.39 is 5.54 Å². The number of carbonyl (C=O) groups is 1. The highest BCUT2D eigenvalue weighted by molar-refractivity contribution is 5.79. The Morgan fingerprint density at radius 2 is 1.90 bits per heavy atom. The zero-order valence-electron chi connectivity index (χ0n) is 12.0. The van der Waals surface area contributed by atoms with E-state index in [-0.39, 0.29) is 24.5 Å². The van der Waals surface area contributed by atoms with Crippen LogP contribution in [0.15, 0.2) is 30.3 Å². The highest BCUT2D eigenvalue weighted by Crippen LogP contribution is 2.26. The molecule has 0 bridgehead atoms. The van der Waals surface area contributed by atoms with Crippen molar-refractivity contribution in [2.24, 2.45) is 11.7 Å². The fourth-order valence-electron chi connectivity index (χ4n) is 2.76. The van der Waals surface area contributed by atoms with Crippen LogP contribution in [-0.2, 0) is 10.3 Å². The number of amides is 1. The molecule has 4 N–H and O–H groups in total. The summed E-state index contributed by atoms with van der Waals surface area (Å²) in [5.41, 5.74) is 6.07. The molecule has 1 saturated carbocycles. The summed E-state index contributed by atoms with van der Waals surface area (Å²) in [6.07, 6.45) is 3.48. The van der Waals surface area contributed by atoms with E-state index in [1.54, 1.807) is 0 Å². The van der Waals surface area contributed by atoms with Gasteiger partial charge in [-0.15, -0.1) is 0 Å². The van der Waals surface area contributed by atoms with Crippen LogP contribution in [0.2, 0.25) is 0 Å². The van der Waals surface area contributed by atoms with Crippen molar-refractivity contribution in [2.75, 3.05) is 6.61 Å². The molecule has 0 saturated heterocycles. The molecule has 1 aromatic carbocycles. The minimum atomic E-state index is -0.724. The van der Waals surface area contributed by atoms with Crippen LogP contribution in [-0.4, -0.2) is 23.7 Å². The van der Waals surface area contributed by atoms with Gasteiger partial charge in [0.1, 0.15) is 0 Å². The van der Waals surface area contributed by atoms with Gasteiger partial charge in [-0.1, -0.05) is 30.3 Å². The van der Waals surface area contributed by atoms with Crippen LogP contribution >= 0.6 is 0 Å². The molecule has 0 spiro atoms. The lowest BCUT2D eigenvalue weighted by molar-refractivity contribution is -0.128. The van der Waals surface area contributed by atoms with E-state index in [0.717, 1.165) is 31.2 Å². The second-order valence-electron chi connectivity index (χ2n) is 5.96. The zero-order chi connectivity index (χ0) is 14.6. The first kappa shape index (κ1) is 15.0. The lowest BCUT2D eigenvalue weighted by Crippen LogP contribution is -2.49. The van der Waals surface area contributed by atoms with Crippen molar-refractivity contribution in [1.82, 2.24) is 5.32 Å². The number of benzene rings is 1. The first-order valence-electron chi connectivity index (χ1n) is 7.29. The molecule has 1 aliphatic carbocycles. The number of nitrogens with one attached hydrogen (secondary N) is 1. The quantitative estimate of drug-likeness (QED) is 0.780. The number of nitrogens with two attached hydrogens (primary N) is 1. The molecule has 1 fully saturated rings. The SMILES string of the molecule is CC(CO)(NC(=O)C1CCC(N)CC1)c1ccccc1. The molecule has 20 heavy (non-hydrogen) atoms. The van der Waals surface area contributed by atoms with Crippen LogP contribution in [0.5, 0.6) is 0 Å². The van der Waals surface area contributed by atoms with Crippen molar-refractivity contribution < 1.29 is 9.90 Å². The van der Waals surface area contributed by atoms with Gasteiger partial charge >= 0.3 is 0 Å². The normalized spacial score (nSPS) is 25.8. The van der Waals surface area contributed by atoms with Gasteiger partial charge in [0.15, 0.2) is 0 Å². The third-order valence-corrected chi connectivity index (χ3v) is 4.27. The minimum Gasteiger partial charge on any atom is -0.394 e. The number of hydrogen-bond donors (Lipinski definition) is 3. The van der Waals surface area contributed by atoms with E-state index in [1.807, 2.05) is 37.3 Å². The number of aliphatic hydroxyl groups excluding tert-OH is 1. The molecule has 0 aromatic heterocycles. The van der Waals surface area contributed by atoms with E-state index >= 15 is 0 Å². The number of carbonyl (C=O) groups excluding carboxylic acids is 1. The van der Waals surface area contributed by atoms with Gasteiger partial charge < -0.3 is 16.2 Å². The standard InChI is InChI=1S/C16H24N2O2/c1-16(11-19,13-5-3-2-4-6-13)18-15(20)12-7-9-14(17)10-8-12/h2-6,12,14,19H,7-11,17H2,1H3,(H,18,20). The van der Waals surface area contributed by atoms with Crippen molar-refractivity contribution in [3.8, 4) is 0 Å². The lowest BCUT2D eigenvalue weighted by atomic mass is 9.84. The fraction of sp³-hybridized carbons (Fsp3) is 0.562. The summed E-state index contributed by atoms with van der Waals surface area (Å²) in [5, 5.41) is 12.7. The third-order valence-electron chi connectivity index (χ3n) is 4.27. The van der Waals surface area contributed by atoms with Crippen LogP contribution in [0.3, 0.4) is 0 Å². The lowest BCUT2D eigenvalue weighted by Gasteiger charge is -2.33. The molecule has 2 rings (SSSR count). The average Bonchev–Trinajstić information content (AvgIpc) is 2.48. The van der Waals surface area contributed by atoms with Gasteiger partial charge in [-0.2, -0.15) is 0 Å². The van der Waals surface area contributed by atoms with E-state index in [1.165, 1.54) is 0 Å². The Labute approximate surface area is 120 Å². The van der Waals surface area contributed by atoms with Crippen LogP contribution in [0, 0.1) is 5.92 Å². The third kappa shape index (κ3) is 3.38. The maximum absolute atomic E-state index is 12.4. The van der Waals surface area contributed by atoms with Crippen molar-refractivity contribution >= 4 is 5.91 Å². The van der Waals surface area contributed by atoms with Gasteiger partial charge in [-0.25, -0.2) is 0 Å². The van der Waals surface area contributed by atoms with Crippen molar-refractivity contribution in [1.29, 1.82) is 0 Å². The first-order chi connectivity index (χ1) is 9.55. The largest absolute Gasteiger partial charge is 0.394 e. The molecular weight excluding hydrogens is 252 g/mol. The molecule has 4 heteroatoms. The Kier molecular flexibility index (Phi) is 4.78. The van der Waals surface area contributed by atoms with Gasteiger partial charge in [0.05, 0.1) is 12.1 Å². The molecular formula is C16H24N2O2. The Morgan fingerprint density at radius 1 is 1.30 bits per heavy atom. The maximum Gasteiger partial charge on any atom is 0.223 e. The fourth-order valence-corrected chi connectivity index (χ4v) is 2.76. The average molecular weight is 276 g/mol. The predicted octanol–water partition coefficient (Wildman–Crippen LogP) is 1.53. The van der Waals surface area contributed by atoms with E-state index in [9.17, 15) is 9.90 Å². The highest BCUT2D eigenvalue weighted by Gasteiger charge is 2.32. The number of hydrogen-bond acceptors (Lipinski definition) is 3. The number of rotatable bonds is 4. The smallest absolute Gasteiger partial charge is 0.223 e. The van der Waals surface area contributed by atoms with Crippen LogP contribution < -0.4 is 11.1 Å². The molecule has 0 heterocycles. The van der Waals surface area contributed by atoms with Gasteiger partial charge in [0.2, 0.25) is 5.91 Å². The van der Waals surface area contributed by atoms with Crippen LogP contribution in [0.1, 0.15) is 38.2 Å². The molecule has 1 aromatic rings. The first-order valence-corrected chi connectivity index (χ1v) is 7.29. The monoisotopic (exact) mass is 276 g/mol. The van der Waals surface area contributed by atoms with Gasteiger partial charge in [-0.05, 0) is 38.2 Å². The van der Waals surface area contributed by atoms with E-state index in [2.05, 4.69) is 5.32 Å². The summed E-state index contributed by atoms with van der Waals surface area (Å²) < 4.78 is 0. The molecule has 110 valence electrons. The molecule has 1 amide bonds. The second kappa shape index (κ2) is 6.37. The summed E-state index contributed by atoms with van der Waals surface area (Å²) in [7, 11) is 0. The zero-order valence-corrected chi connectivity index (χ0v) is 12.0. The van der Waals surface area contributed by atoms with Crippen molar-refractivity contribution in [2.45, 2.75) is 44.2 Å². The van der Waals surface area contributed by atoms with Crippen molar-refractivity contribution in [3.05, 3.63) is 35.9 Å². The van der Waals surface area contributed by atoms with Gasteiger partial charge in [0.25, 0.3) is 0 Å². The minimum absolute atomic E-state index is 0.0180. The summed E-state index contributed by atoms with van der Waals surface area (Å²) in [5.74, 6) is 0.0432. The van der Waals surface area contributed by atoms with Gasteiger partial charge in [-0.3, -0.25) is 4.79 Å². The van der Waals surface area contributed by atoms with Crippen LogP contribution in [0.25, 0.3) is 0 Å². The molecule has 0 radical (unpaired) electrons. The summed E-state index contributed by atoms with van der Waals surface area (Å²) in [6, 6.07) is 9.83. The van der Waals surface area contributed by atoms with Gasteiger partial charge in [0, 0.05) is 12.0 Å². The number of aliphatic hydroxyl groups is 1. The topological polar surface area (TPSA) is 75.3 Å². The Bertz CT molecular complexity index is 441. The molecule has 1 unspecified atom stereocenters.